The zero-order valence-electron chi connectivity index (χ0n) is 22.7. The summed E-state index contributed by atoms with van der Waals surface area (Å²) < 4.78 is 4.43. The second-order valence-electron chi connectivity index (χ2n) is 11.1. The molecule has 206 valence electrons. The number of likely N-dealkylation sites (tertiary alicyclic amines) is 1. The van der Waals surface area contributed by atoms with Crippen molar-refractivity contribution in [2.75, 3.05) is 19.8 Å². The van der Waals surface area contributed by atoms with E-state index in [1.54, 1.807) is 33.7 Å². The number of nitrogens with zero attached hydrogens (tertiary/aromatic N) is 2. The van der Waals surface area contributed by atoms with Gasteiger partial charge in [-0.2, -0.15) is 0 Å². The zero-order chi connectivity index (χ0) is 27.7. The summed E-state index contributed by atoms with van der Waals surface area (Å²) in [6.45, 7) is 13.8. The number of aliphatic hydroxyl groups excluding tert-OH is 1. The Morgan fingerprint density at radius 2 is 1.95 bits per heavy atom. The monoisotopic (exact) mass is 540 g/mol. The van der Waals surface area contributed by atoms with E-state index in [2.05, 4.69) is 13.2 Å². The summed E-state index contributed by atoms with van der Waals surface area (Å²) in [6.07, 6.45) is 6.25. The van der Waals surface area contributed by atoms with Crippen molar-refractivity contribution >= 4 is 29.5 Å². The van der Waals surface area contributed by atoms with Crippen LogP contribution in [0.15, 0.2) is 55.6 Å². The molecule has 3 fully saturated rings. The Balaban J connectivity index is 1.80. The van der Waals surface area contributed by atoms with E-state index in [1.807, 2.05) is 51.1 Å². The van der Waals surface area contributed by atoms with Gasteiger partial charge in [0.1, 0.15) is 6.04 Å². The molecule has 1 aromatic carbocycles. The number of aliphatic hydroxyl groups is 1. The van der Waals surface area contributed by atoms with Gasteiger partial charge in [-0.05, 0) is 52.0 Å². The van der Waals surface area contributed by atoms with E-state index in [9.17, 15) is 19.5 Å². The maximum absolute atomic E-state index is 14.4. The minimum Gasteiger partial charge on any atom is -0.465 e. The number of carbonyl (C=O) groups excluding carboxylic acids is 3. The van der Waals surface area contributed by atoms with Crippen LogP contribution in [0.25, 0.3) is 0 Å². The highest BCUT2D eigenvalue weighted by molar-refractivity contribution is 8.02. The highest BCUT2D eigenvalue weighted by Crippen LogP contribution is 2.72. The lowest BCUT2D eigenvalue weighted by atomic mass is 9.66. The van der Waals surface area contributed by atoms with E-state index in [-0.39, 0.29) is 37.0 Å². The largest absolute Gasteiger partial charge is 0.465 e. The first-order valence-corrected chi connectivity index (χ1v) is 14.4. The van der Waals surface area contributed by atoms with Crippen molar-refractivity contribution in [3.05, 3.63) is 61.2 Å². The third kappa shape index (κ3) is 4.60. The number of benzene rings is 1. The summed E-state index contributed by atoms with van der Waals surface area (Å²) in [6, 6.07) is 7.69. The lowest BCUT2D eigenvalue weighted by Gasteiger charge is -2.40. The molecular weight excluding hydrogens is 500 g/mol. The molecule has 3 saturated heterocycles. The second-order valence-corrected chi connectivity index (χ2v) is 13.0. The van der Waals surface area contributed by atoms with Crippen LogP contribution in [0, 0.1) is 11.8 Å². The van der Waals surface area contributed by atoms with Crippen molar-refractivity contribution in [2.45, 2.75) is 74.1 Å². The molecule has 8 heteroatoms. The lowest BCUT2D eigenvalue weighted by Crippen LogP contribution is -2.57. The fourth-order valence-electron chi connectivity index (χ4n) is 6.71. The molecule has 6 atom stereocenters. The van der Waals surface area contributed by atoms with Crippen molar-refractivity contribution in [1.82, 2.24) is 9.80 Å². The zero-order valence-corrected chi connectivity index (χ0v) is 23.5. The molecule has 0 saturated carbocycles. The van der Waals surface area contributed by atoms with Gasteiger partial charge in [0, 0.05) is 17.3 Å². The minimum atomic E-state index is -0.815. The first-order valence-electron chi connectivity index (χ1n) is 13.5. The summed E-state index contributed by atoms with van der Waals surface area (Å²) in [5.74, 6) is -2.13. The van der Waals surface area contributed by atoms with Crippen molar-refractivity contribution in [2.24, 2.45) is 11.8 Å². The van der Waals surface area contributed by atoms with Crippen molar-refractivity contribution < 1.29 is 24.2 Å². The highest BCUT2D eigenvalue weighted by atomic mass is 32.2. The summed E-state index contributed by atoms with van der Waals surface area (Å²) >= 11 is 1.61. The molecule has 2 unspecified atom stereocenters. The maximum Gasteiger partial charge on any atom is 0.311 e. The average Bonchev–Trinajstić information content (AvgIpc) is 3.47. The maximum atomic E-state index is 14.4. The Kier molecular flexibility index (Phi) is 8.43. The Bertz CT molecular complexity index is 1080. The van der Waals surface area contributed by atoms with Crippen LogP contribution in [-0.4, -0.2) is 74.0 Å². The number of fused-ring (bicyclic) bond motifs is 1. The minimum absolute atomic E-state index is 0.109. The second kappa shape index (κ2) is 11.3. The van der Waals surface area contributed by atoms with Crippen LogP contribution in [0.1, 0.15) is 58.1 Å². The number of unbranched alkanes of at least 4 members (excludes halogenated alkanes) is 1. The van der Waals surface area contributed by atoms with Crippen LogP contribution in [0.4, 0.5) is 0 Å². The SMILES string of the molecule is C=CCCCOC(=O)[C@H]1[C@H]2C(=O)N([C@H](CO)c3ccccc3)C(C(=O)N(CC=C)C(C)C)C23CC[C@]1(C)S3. The van der Waals surface area contributed by atoms with Crippen molar-refractivity contribution in [3.8, 4) is 0 Å². The number of hydrogen-bond acceptors (Lipinski definition) is 6. The number of thioether (sulfide) groups is 1. The van der Waals surface area contributed by atoms with E-state index < -0.39 is 33.4 Å². The van der Waals surface area contributed by atoms with E-state index >= 15 is 0 Å². The van der Waals surface area contributed by atoms with E-state index in [0.29, 0.717) is 25.8 Å². The van der Waals surface area contributed by atoms with Crippen molar-refractivity contribution in [1.29, 1.82) is 0 Å². The van der Waals surface area contributed by atoms with Crippen LogP contribution in [-0.2, 0) is 19.1 Å². The van der Waals surface area contributed by atoms with Gasteiger partial charge < -0.3 is 19.6 Å². The number of rotatable bonds is 12. The molecule has 38 heavy (non-hydrogen) atoms. The lowest BCUT2D eigenvalue weighted by molar-refractivity contribution is -0.156. The summed E-state index contributed by atoms with van der Waals surface area (Å²) in [5.41, 5.74) is 0.756. The number of carbonyl (C=O) groups is 3. The van der Waals surface area contributed by atoms with E-state index in [0.717, 1.165) is 12.0 Å². The predicted molar refractivity (Wildman–Crippen MR) is 149 cm³/mol. The fraction of sp³-hybridized carbons (Fsp3) is 0.567. The van der Waals surface area contributed by atoms with E-state index in [4.69, 9.17) is 4.74 Å². The van der Waals surface area contributed by atoms with Crippen LogP contribution < -0.4 is 0 Å². The molecule has 2 bridgehead atoms. The molecule has 1 aromatic rings. The molecule has 3 heterocycles. The summed E-state index contributed by atoms with van der Waals surface area (Å²) in [7, 11) is 0. The van der Waals surface area contributed by atoms with Gasteiger partial charge in [0.15, 0.2) is 0 Å². The third-order valence-corrected chi connectivity index (χ3v) is 10.4. The van der Waals surface area contributed by atoms with Crippen LogP contribution >= 0.6 is 11.8 Å². The van der Waals surface area contributed by atoms with Crippen molar-refractivity contribution in [3.63, 3.8) is 0 Å². The molecule has 3 aliphatic heterocycles. The Morgan fingerprint density at radius 1 is 1.24 bits per heavy atom. The first kappa shape index (κ1) is 28.4. The molecule has 0 aliphatic carbocycles. The number of amides is 2. The fourth-order valence-corrected chi connectivity index (χ4v) is 9.03. The Morgan fingerprint density at radius 3 is 2.55 bits per heavy atom. The number of allylic oxidation sites excluding steroid dienone is 1. The predicted octanol–water partition coefficient (Wildman–Crippen LogP) is 4.13. The first-order chi connectivity index (χ1) is 18.2. The van der Waals surface area contributed by atoms with Crippen LogP contribution in [0.3, 0.4) is 0 Å². The van der Waals surface area contributed by atoms with E-state index in [1.165, 1.54) is 0 Å². The topological polar surface area (TPSA) is 87.1 Å². The van der Waals surface area contributed by atoms with Gasteiger partial charge in [-0.1, -0.05) is 42.5 Å². The summed E-state index contributed by atoms with van der Waals surface area (Å²) in [4.78, 5) is 45.7. The quantitative estimate of drug-likeness (QED) is 0.244. The molecule has 1 N–H and O–H groups in total. The van der Waals surface area contributed by atoms with Gasteiger partial charge in [-0.15, -0.1) is 24.9 Å². The molecule has 0 aromatic heterocycles. The third-order valence-electron chi connectivity index (χ3n) is 8.42. The van der Waals surface area contributed by atoms with Gasteiger partial charge in [0.25, 0.3) is 0 Å². The van der Waals surface area contributed by atoms with Gasteiger partial charge >= 0.3 is 5.97 Å². The molecule has 2 amide bonds. The van der Waals surface area contributed by atoms with Gasteiger partial charge in [-0.3, -0.25) is 14.4 Å². The van der Waals surface area contributed by atoms with Crippen LogP contribution in [0.2, 0.25) is 0 Å². The summed E-state index contributed by atoms with van der Waals surface area (Å²) in [5, 5.41) is 10.6. The Labute approximate surface area is 230 Å². The van der Waals surface area contributed by atoms with Gasteiger partial charge in [0.2, 0.25) is 11.8 Å². The van der Waals surface area contributed by atoms with Gasteiger partial charge in [-0.25, -0.2) is 0 Å². The normalized spacial score (nSPS) is 30.3. The van der Waals surface area contributed by atoms with Gasteiger partial charge in [0.05, 0.1) is 35.8 Å². The molecular formula is C30H40N2O5S. The number of ether oxygens (including phenoxy) is 1. The van der Waals surface area contributed by atoms with Crippen LogP contribution in [0.5, 0.6) is 0 Å². The highest BCUT2D eigenvalue weighted by Gasteiger charge is 2.78. The molecule has 4 rings (SSSR count). The standard InChI is InChI=1S/C30H40N2O5S/c1-6-8-12-18-37-28(36)24-23-26(34)32(22(19-33)21-13-10-9-11-14-21)25(27(35)31(17-7-2)20(3)4)30(23)16-15-29(24,5)38-30/h6-7,9-11,13-14,20,22-25,33H,1-2,8,12,15-19H2,3-5H3/t22-,23+,24-,25?,29+,30?/m1/s1. The number of hydrogen-bond donors (Lipinski definition) is 1. The molecule has 0 radical (unpaired) electrons. The average molecular weight is 541 g/mol. The molecule has 3 aliphatic rings. The molecule has 7 nitrogen and oxygen atoms in total. The molecule has 1 spiro atoms. The Hall–Kier alpha value is -2.58. The smallest absolute Gasteiger partial charge is 0.311 e. The number of esters is 1.